The average molecular weight is 279 g/mol. The zero-order valence-corrected chi connectivity index (χ0v) is 9.68. The van der Waals surface area contributed by atoms with Crippen molar-refractivity contribution in [3.05, 3.63) is 0 Å². The molecule has 0 saturated carbocycles. The van der Waals surface area contributed by atoms with Gasteiger partial charge in [0.25, 0.3) is 11.9 Å². The number of halogens is 4. The standard InChI is InChI=1S/C4H3Cl4N5O/c1-14-4-10-2(12(5)6)9-3(11-4)13(7)8/h1H3. The summed E-state index contributed by atoms with van der Waals surface area (Å²) in [5, 5.41) is 0. The number of hydrogen-bond acceptors (Lipinski definition) is 6. The first-order valence-electron chi connectivity index (χ1n) is 3.08. The molecule has 0 saturated heterocycles. The summed E-state index contributed by atoms with van der Waals surface area (Å²) in [6.45, 7) is 0. The largest absolute Gasteiger partial charge is 0.467 e. The third kappa shape index (κ3) is 2.78. The fraction of sp³-hybridized carbons (Fsp3) is 0.250. The second-order valence-electron chi connectivity index (χ2n) is 1.89. The van der Waals surface area contributed by atoms with E-state index in [0.717, 1.165) is 0 Å². The molecule has 0 spiro atoms. The van der Waals surface area contributed by atoms with E-state index in [0.29, 0.717) is 7.88 Å². The Bertz CT molecular complexity index is 294. The van der Waals surface area contributed by atoms with Gasteiger partial charge in [-0.1, -0.05) is 0 Å². The summed E-state index contributed by atoms with van der Waals surface area (Å²) in [5.74, 6) is -0.108. The molecule has 0 fully saturated rings. The Balaban J connectivity index is 3.13. The van der Waals surface area contributed by atoms with Gasteiger partial charge in [0.2, 0.25) is 0 Å². The molecule has 1 heterocycles. The number of aromatic nitrogens is 3. The van der Waals surface area contributed by atoms with Gasteiger partial charge in [-0.15, -0.1) is 0 Å². The van der Waals surface area contributed by atoms with Crippen LogP contribution in [0.4, 0.5) is 11.9 Å². The van der Waals surface area contributed by atoms with Gasteiger partial charge < -0.3 is 4.74 Å². The van der Waals surface area contributed by atoms with Gasteiger partial charge in [-0.25, -0.2) is 0 Å². The molecular formula is C4H3Cl4N5O. The van der Waals surface area contributed by atoms with E-state index in [-0.39, 0.29) is 17.9 Å². The highest BCUT2D eigenvalue weighted by Crippen LogP contribution is 2.22. The van der Waals surface area contributed by atoms with Gasteiger partial charge in [-0.3, -0.25) is 0 Å². The Morgan fingerprint density at radius 3 is 1.64 bits per heavy atom. The van der Waals surface area contributed by atoms with Crippen molar-refractivity contribution in [2.45, 2.75) is 0 Å². The van der Waals surface area contributed by atoms with Gasteiger partial charge >= 0.3 is 6.01 Å². The van der Waals surface area contributed by atoms with Crippen LogP contribution >= 0.6 is 47.1 Å². The van der Waals surface area contributed by atoms with E-state index >= 15 is 0 Å². The smallest absolute Gasteiger partial charge is 0.322 e. The van der Waals surface area contributed by atoms with Crippen LogP contribution in [0.5, 0.6) is 6.01 Å². The Morgan fingerprint density at radius 1 is 0.929 bits per heavy atom. The van der Waals surface area contributed by atoms with Crippen LogP contribution in [0.1, 0.15) is 0 Å². The number of rotatable bonds is 3. The Labute approximate surface area is 99.7 Å². The summed E-state index contributed by atoms with van der Waals surface area (Å²) in [6.07, 6.45) is 0. The lowest BCUT2D eigenvalue weighted by molar-refractivity contribution is 0.379. The first-order chi connectivity index (χ1) is 6.54. The molecule has 6 nitrogen and oxygen atoms in total. The van der Waals surface area contributed by atoms with Crippen LogP contribution in [0, 0.1) is 0 Å². The van der Waals surface area contributed by atoms with E-state index in [4.69, 9.17) is 51.8 Å². The third-order valence-electron chi connectivity index (χ3n) is 1.08. The maximum atomic E-state index is 5.39. The van der Waals surface area contributed by atoms with Gasteiger partial charge in [0.1, 0.15) is 0 Å². The minimum Gasteiger partial charge on any atom is -0.467 e. The topological polar surface area (TPSA) is 54.4 Å². The van der Waals surface area contributed by atoms with E-state index < -0.39 is 0 Å². The number of hydrogen-bond donors (Lipinski definition) is 0. The molecule has 0 aliphatic heterocycles. The first kappa shape index (κ1) is 11.6. The summed E-state index contributed by atoms with van der Waals surface area (Å²) < 4.78 is 6.01. The van der Waals surface area contributed by atoms with Crippen molar-refractivity contribution in [1.82, 2.24) is 15.0 Å². The summed E-state index contributed by atoms with van der Waals surface area (Å²) in [7, 11) is 1.36. The van der Waals surface area contributed by atoms with Crippen molar-refractivity contribution in [3.63, 3.8) is 0 Å². The Kier molecular flexibility index (Phi) is 4.06. The molecule has 14 heavy (non-hydrogen) atoms. The summed E-state index contributed by atoms with van der Waals surface area (Å²) in [6, 6.07) is -0.0115. The summed E-state index contributed by atoms with van der Waals surface area (Å²) >= 11 is 21.6. The van der Waals surface area contributed by atoms with E-state index in [1.165, 1.54) is 7.11 Å². The van der Waals surface area contributed by atoms with E-state index in [9.17, 15) is 0 Å². The molecule has 0 bridgehead atoms. The zero-order valence-electron chi connectivity index (χ0n) is 6.66. The highest BCUT2D eigenvalue weighted by Gasteiger charge is 2.13. The highest BCUT2D eigenvalue weighted by atomic mass is 35.5. The van der Waals surface area contributed by atoms with Gasteiger partial charge in [0.05, 0.1) is 7.11 Å². The second kappa shape index (κ2) is 4.88. The predicted octanol–water partition coefficient (Wildman–Crippen LogP) is 2.11. The molecule has 1 rings (SSSR count). The number of nitrogens with zero attached hydrogens (tertiary/aromatic N) is 5. The van der Waals surface area contributed by atoms with Crippen molar-refractivity contribution in [3.8, 4) is 6.01 Å². The molecule has 78 valence electrons. The molecule has 10 heteroatoms. The highest BCUT2D eigenvalue weighted by molar-refractivity contribution is 6.49. The maximum absolute atomic E-state index is 5.39. The van der Waals surface area contributed by atoms with Gasteiger partial charge in [-0.05, 0) is 0 Å². The van der Waals surface area contributed by atoms with Gasteiger partial charge in [-0.2, -0.15) is 22.8 Å². The maximum Gasteiger partial charge on any atom is 0.322 e. The third-order valence-corrected chi connectivity index (χ3v) is 1.68. The van der Waals surface area contributed by atoms with Crippen LogP contribution in [-0.2, 0) is 0 Å². The molecule has 0 unspecified atom stereocenters. The van der Waals surface area contributed by atoms with Crippen molar-refractivity contribution < 1.29 is 4.74 Å². The SMILES string of the molecule is COc1nc(N(Cl)Cl)nc(N(Cl)Cl)n1. The van der Waals surface area contributed by atoms with Crippen LogP contribution in [-0.4, -0.2) is 22.1 Å². The van der Waals surface area contributed by atoms with E-state index in [1.807, 2.05) is 0 Å². The average Bonchev–Trinajstić information content (AvgIpc) is 2.16. The number of anilines is 2. The van der Waals surface area contributed by atoms with Crippen LogP contribution < -0.4 is 12.6 Å². The molecule has 0 aromatic carbocycles. The normalized spacial score (nSPS) is 9.79. The molecule has 0 atom stereocenters. The monoisotopic (exact) mass is 277 g/mol. The minimum absolute atomic E-state index is 0.0115. The summed E-state index contributed by atoms with van der Waals surface area (Å²) in [4.78, 5) is 11.1. The zero-order chi connectivity index (χ0) is 10.7. The van der Waals surface area contributed by atoms with Crippen LogP contribution in [0.3, 0.4) is 0 Å². The fourth-order valence-electron chi connectivity index (χ4n) is 0.578. The molecule has 0 N–H and O–H groups in total. The molecule has 0 aliphatic carbocycles. The molecule has 0 radical (unpaired) electrons. The second-order valence-corrected chi connectivity index (χ2v) is 3.59. The van der Waals surface area contributed by atoms with Crippen LogP contribution in [0.25, 0.3) is 0 Å². The molecule has 1 aromatic rings. The quantitative estimate of drug-likeness (QED) is 0.790. The molecular weight excluding hydrogens is 276 g/mol. The Morgan fingerprint density at radius 2 is 1.36 bits per heavy atom. The fourth-order valence-corrected chi connectivity index (χ4v) is 0.880. The van der Waals surface area contributed by atoms with Crippen LogP contribution in [0.2, 0.25) is 0 Å². The lowest BCUT2D eigenvalue weighted by atomic mass is 10.9. The van der Waals surface area contributed by atoms with Gasteiger partial charge in [0, 0.05) is 47.1 Å². The number of ether oxygens (including phenoxy) is 1. The van der Waals surface area contributed by atoms with Crippen molar-refractivity contribution >= 4 is 59.0 Å². The lowest BCUT2D eigenvalue weighted by Gasteiger charge is -2.08. The van der Waals surface area contributed by atoms with E-state index in [2.05, 4.69) is 15.0 Å². The molecule has 1 aromatic heterocycles. The lowest BCUT2D eigenvalue weighted by Crippen LogP contribution is -2.08. The van der Waals surface area contributed by atoms with Crippen molar-refractivity contribution in [1.29, 1.82) is 0 Å². The predicted molar refractivity (Wildman–Crippen MR) is 54.7 cm³/mol. The van der Waals surface area contributed by atoms with Crippen molar-refractivity contribution in [2.24, 2.45) is 0 Å². The Hall–Kier alpha value is -0.430. The first-order valence-corrected chi connectivity index (χ1v) is 4.43. The van der Waals surface area contributed by atoms with Crippen LogP contribution in [0.15, 0.2) is 0 Å². The van der Waals surface area contributed by atoms with E-state index in [1.54, 1.807) is 0 Å². The summed E-state index contributed by atoms with van der Waals surface area (Å²) in [5.41, 5.74) is 0. The van der Waals surface area contributed by atoms with Gasteiger partial charge in [0.15, 0.2) is 0 Å². The van der Waals surface area contributed by atoms with Crippen molar-refractivity contribution in [2.75, 3.05) is 15.0 Å². The molecule has 0 aliphatic rings. The number of methoxy groups -OCH3 is 1. The minimum atomic E-state index is -0.0542. The molecule has 0 amide bonds.